The molecule has 5 aliphatic carbocycles. The smallest absolute Gasteiger partial charge is 0.227 e. The Morgan fingerprint density at radius 1 is 0.709 bits per heavy atom. The maximum absolute atomic E-state index is 15.7. The van der Waals surface area contributed by atoms with Crippen molar-refractivity contribution in [2.45, 2.75) is 130 Å². The lowest BCUT2D eigenvalue weighted by Gasteiger charge is -2.61. The molecule has 3 nitrogen and oxygen atoms in total. The number of carbonyl (C=O) groups is 1. The molecule has 3 aromatic rings. The van der Waals surface area contributed by atoms with Crippen molar-refractivity contribution in [3.63, 3.8) is 0 Å². The Bertz CT molecular complexity index is 1770. The van der Waals surface area contributed by atoms with E-state index in [1.54, 1.807) is 5.57 Å². The molecule has 4 heteroatoms. The lowest BCUT2D eigenvalue weighted by molar-refractivity contribution is -0.146. The van der Waals surface area contributed by atoms with Crippen molar-refractivity contribution in [3.8, 4) is 0 Å². The first kappa shape index (κ1) is 39.1. The van der Waals surface area contributed by atoms with E-state index >= 15 is 4.79 Å². The molecule has 10 atom stereocenters. The van der Waals surface area contributed by atoms with Crippen molar-refractivity contribution in [2.75, 3.05) is 0 Å². The quantitative estimate of drug-likeness (QED) is 0.186. The molecule has 0 spiro atoms. The fourth-order valence-electron chi connectivity index (χ4n) is 13.8. The van der Waals surface area contributed by atoms with Crippen LogP contribution in [0.5, 0.6) is 0 Å². The zero-order valence-corrected chi connectivity index (χ0v) is 36.0. The molecule has 3 aromatic carbocycles. The van der Waals surface area contributed by atoms with Gasteiger partial charge in [-0.15, -0.1) is 0 Å². The number of fused-ring (bicyclic) bond motifs is 7. The summed E-state index contributed by atoms with van der Waals surface area (Å²) in [6, 6.07) is 33.5. The highest BCUT2D eigenvalue weighted by Gasteiger charge is 2.66. The van der Waals surface area contributed by atoms with Crippen LogP contribution in [0.4, 0.5) is 0 Å². The number of carbonyl (C=O) groups excluding carboxylic acids is 1. The third-order valence-electron chi connectivity index (χ3n) is 17.6. The summed E-state index contributed by atoms with van der Waals surface area (Å²) in [5.74, 6) is 5.08. The van der Waals surface area contributed by atoms with Gasteiger partial charge in [0.05, 0.1) is 17.1 Å². The summed E-state index contributed by atoms with van der Waals surface area (Å²) in [5.41, 5.74) is 0.750. The van der Waals surface area contributed by atoms with Gasteiger partial charge in [0.2, 0.25) is 5.91 Å². The number of aliphatic hydroxyl groups is 1. The monoisotopic (exact) mass is 759 g/mol. The molecule has 4 saturated carbocycles. The van der Waals surface area contributed by atoms with Crippen LogP contribution in [-0.4, -0.2) is 27.8 Å². The molecule has 0 radical (unpaired) electrons. The number of aliphatic hydroxyl groups excluding tert-OH is 1. The minimum Gasteiger partial charge on any atom is -0.393 e. The topological polar surface area (TPSA) is 49.3 Å². The van der Waals surface area contributed by atoms with E-state index in [4.69, 9.17) is 0 Å². The van der Waals surface area contributed by atoms with Gasteiger partial charge in [0, 0.05) is 0 Å². The molecule has 0 bridgehead atoms. The Morgan fingerprint density at radius 3 is 1.80 bits per heavy atom. The second-order valence-electron chi connectivity index (χ2n) is 20.5. The number of hydrogen-bond donors (Lipinski definition) is 2. The molecule has 8 rings (SSSR count). The second kappa shape index (κ2) is 14.3. The number of amides is 1. The van der Waals surface area contributed by atoms with Crippen LogP contribution < -0.4 is 21.2 Å². The van der Waals surface area contributed by atoms with E-state index in [9.17, 15) is 5.11 Å². The van der Waals surface area contributed by atoms with E-state index in [1.165, 1.54) is 35.2 Å². The fraction of sp³-hybridized carbons (Fsp3) is 0.588. The van der Waals surface area contributed by atoms with Gasteiger partial charge in [0.1, 0.15) is 28.3 Å². The summed E-state index contributed by atoms with van der Waals surface area (Å²) in [4.78, 5) is 15.7. The summed E-state index contributed by atoms with van der Waals surface area (Å²) < 4.78 is 0. The van der Waals surface area contributed by atoms with Gasteiger partial charge in [-0.25, -0.2) is 0 Å². The first-order valence-electron chi connectivity index (χ1n) is 21.9. The molecular weight excluding hydrogens is 690 g/mol. The van der Waals surface area contributed by atoms with Crippen LogP contribution in [-0.2, 0) is 4.79 Å². The minimum atomic E-state index is -2.34. The Morgan fingerprint density at radius 2 is 1.24 bits per heavy atom. The van der Waals surface area contributed by atoms with E-state index in [1.807, 2.05) is 0 Å². The van der Waals surface area contributed by atoms with Crippen molar-refractivity contribution in [3.05, 3.63) is 103 Å². The van der Waals surface area contributed by atoms with Crippen molar-refractivity contribution in [2.24, 2.45) is 58.2 Å². The van der Waals surface area contributed by atoms with Gasteiger partial charge in [0.25, 0.3) is 0 Å². The highest BCUT2D eigenvalue weighted by Crippen LogP contribution is 2.70. The molecule has 0 saturated heterocycles. The molecule has 5 aliphatic rings. The number of benzene rings is 3. The Labute approximate surface area is 333 Å². The third-order valence-corrected chi connectivity index (χ3v) is 23.0. The van der Waals surface area contributed by atoms with Gasteiger partial charge in [-0.2, -0.15) is 0 Å². The van der Waals surface area contributed by atoms with Crippen LogP contribution >= 0.6 is 7.26 Å². The molecule has 0 heterocycles. The van der Waals surface area contributed by atoms with Gasteiger partial charge in [0.15, 0.2) is 0 Å². The lowest BCUT2D eigenvalue weighted by atomic mass is 9.44. The summed E-state index contributed by atoms with van der Waals surface area (Å²) >= 11 is 0. The van der Waals surface area contributed by atoms with Gasteiger partial charge in [-0.05, 0) is 175 Å². The summed E-state index contributed by atoms with van der Waals surface area (Å²) in [7, 11) is -2.34. The second-order valence-corrected chi connectivity index (χ2v) is 24.5. The predicted octanol–water partition coefficient (Wildman–Crippen LogP) is 10.5. The van der Waals surface area contributed by atoms with E-state index < -0.39 is 12.8 Å². The summed E-state index contributed by atoms with van der Waals surface area (Å²) in [6.07, 6.45) is 12.6. The van der Waals surface area contributed by atoms with Crippen molar-refractivity contribution in [1.29, 1.82) is 0 Å². The van der Waals surface area contributed by atoms with Crippen molar-refractivity contribution in [1.82, 2.24) is 5.32 Å². The van der Waals surface area contributed by atoms with Gasteiger partial charge >= 0.3 is 0 Å². The van der Waals surface area contributed by atoms with Crippen LogP contribution in [0, 0.1) is 58.2 Å². The zero-order valence-electron chi connectivity index (χ0n) is 35.1. The molecule has 9 unspecified atom stereocenters. The van der Waals surface area contributed by atoms with Crippen LogP contribution in [0.1, 0.15) is 113 Å². The Hall–Kier alpha value is -2.74. The van der Waals surface area contributed by atoms with Gasteiger partial charge < -0.3 is 10.4 Å². The first-order chi connectivity index (χ1) is 26.2. The van der Waals surface area contributed by atoms with Crippen LogP contribution in [0.3, 0.4) is 0 Å². The van der Waals surface area contributed by atoms with Crippen LogP contribution in [0.2, 0.25) is 0 Å². The molecule has 2 N–H and O–H groups in total. The molecular formula is C51H69NO2P+. The predicted molar refractivity (Wildman–Crippen MR) is 233 cm³/mol. The SMILES string of the molecule is CC1C2C3=CCC4C(CCC5C4CCC(O)C5(C)C)C3CCC2(C(=O)NC(C)(C)C(C)(C)[P+](c2ccccc2)(c2ccccc2)c2ccccc2)CC[C@H]1C. The van der Waals surface area contributed by atoms with E-state index in [2.05, 4.69) is 158 Å². The third kappa shape index (κ3) is 5.89. The molecule has 294 valence electrons. The molecule has 0 aliphatic heterocycles. The Balaban J connectivity index is 1.17. The van der Waals surface area contributed by atoms with E-state index in [-0.39, 0.29) is 22.1 Å². The lowest BCUT2D eigenvalue weighted by Crippen LogP contribution is -2.66. The molecule has 1 amide bonds. The minimum absolute atomic E-state index is 0.00693. The summed E-state index contributed by atoms with van der Waals surface area (Å²) in [5, 5.41) is 18.7. The zero-order chi connectivity index (χ0) is 39.0. The normalized spacial score (nSPS) is 34.6. The highest BCUT2D eigenvalue weighted by atomic mass is 31.2. The van der Waals surface area contributed by atoms with Crippen LogP contribution in [0.15, 0.2) is 103 Å². The number of allylic oxidation sites excluding steroid dienone is 2. The van der Waals surface area contributed by atoms with Crippen molar-refractivity contribution < 1.29 is 9.90 Å². The fourth-order valence-corrected chi connectivity index (χ4v) is 19.3. The van der Waals surface area contributed by atoms with Crippen LogP contribution in [0.25, 0.3) is 0 Å². The van der Waals surface area contributed by atoms with Crippen molar-refractivity contribution >= 4 is 29.1 Å². The van der Waals surface area contributed by atoms with Gasteiger partial charge in [-0.1, -0.05) is 93.9 Å². The standard InChI is InChI=1S/C51H68NO2P/c1-34-30-32-51(33-31-41-39-26-28-44-42(27-29-45(53)48(44,3)4)40(39)24-25-43(41)46(51)35(34)2)47(54)52-49(5,6)50(7,8)55(36-18-12-9-13-19-36,37-20-14-10-15-21-37)38-22-16-11-17-23-38/h9-23,25,34-35,39-42,44-46,53H,24,26-33H2,1-8H3/p+1/t34-,35?,39?,40?,41?,42?,44?,45?,46?,51?/m1/s1. The molecule has 55 heavy (non-hydrogen) atoms. The summed E-state index contributed by atoms with van der Waals surface area (Å²) in [6.45, 7) is 19.2. The largest absolute Gasteiger partial charge is 0.393 e. The maximum atomic E-state index is 15.7. The van der Waals surface area contributed by atoms with Gasteiger partial charge in [-0.3, -0.25) is 4.79 Å². The first-order valence-corrected chi connectivity index (χ1v) is 23.7. The Kier molecular flexibility index (Phi) is 10.1. The number of hydrogen-bond acceptors (Lipinski definition) is 2. The maximum Gasteiger partial charge on any atom is 0.227 e. The van der Waals surface area contributed by atoms with E-state index in [0.717, 1.165) is 56.3 Å². The number of nitrogens with one attached hydrogen (secondary N) is 1. The molecule has 0 aromatic heterocycles. The average Bonchev–Trinajstić information content (AvgIpc) is 3.18. The number of rotatable bonds is 7. The molecule has 4 fully saturated rings. The van der Waals surface area contributed by atoms with E-state index in [0.29, 0.717) is 35.5 Å². The average molecular weight is 759 g/mol. The highest BCUT2D eigenvalue weighted by molar-refractivity contribution is 7.97.